The first kappa shape index (κ1) is 11.8. The molecule has 2 aromatic rings. The van der Waals surface area contributed by atoms with E-state index in [1.807, 2.05) is 54.6 Å². The largest absolute Gasteiger partial charge is 0.392 e. The topological polar surface area (TPSA) is 40.5 Å². The quantitative estimate of drug-likeness (QED) is 0.844. The van der Waals surface area contributed by atoms with Gasteiger partial charge < -0.3 is 10.2 Å². The van der Waals surface area contributed by atoms with Crippen LogP contribution >= 0.6 is 0 Å². The van der Waals surface area contributed by atoms with Gasteiger partial charge in [-0.05, 0) is 16.7 Å². The lowest BCUT2D eigenvalue weighted by molar-refractivity contribution is 0.177. The molecule has 17 heavy (non-hydrogen) atoms. The Morgan fingerprint density at radius 2 is 1.41 bits per heavy atom. The maximum Gasteiger partial charge on any atom is 0.0830 e. The molecule has 2 nitrogen and oxygen atoms in total. The van der Waals surface area contributed by atoms with Crippen LogP contribution in [0, 0.1) is 0 Å². The minimum atomic E-state index is -0.524. The molecule has 2 rings (SSSR count). The molecule has 0 aliphatic heterocycles. The van der Waals surface area contributed by atoms with E-state index in [0.717, 1.165) is 16.7 Å². The van der Waals surface area contributed by atoms with Crippen LogP contribution in [0.15, 0.2) is 54.6 Å². The van der Waals surface area contributed by atoms with Gasteiger partial charge in [0.1, 0.15) is 0 Å². The van der Waals surface area contributed by atoms with E-state index in [2.05, 4.69) is 0 Å². The highest BCUT2D eigenvalue weighted by molar-refractivity contribution is 5.29. The summed E-state index contributed by atoms with van der Waals surface area (Å²) in [7, 11) is 0. The van der Waals surface area contributed by atoms with Crippen LogP contribution in [0.2, 0.25) is 0 Å². The standard InChI is InChI=1S/C15H16O2/c16-11-14-9-5-4-8-13(14)10-15(17)12-6-2-1-3-7-12/h1-9,15-17H,10-11H2. The molecule has 0 aliphatic carbocycles. The predicted molar refractivity (Wildman–Crippen MR) is 67.5 cm³/mol. The van der Waals surface area contributed by atoms with Crippen LogP contribution in [-0.4, -0.2) is 10.2 Å². The third kappa shape index (κ3) is 2.93. The number of benzene rings is 2. The maximum absolute atomic E-state index is 10.1. The molecule has 0 saturated heterocycles. The van der Waals surface area contributed by atoms with Crippen molar-refractivity contribution in [2.45, 2.75) is 19.1 Å². The third-order valence-corrected chi connectivity index (χ3v) is 2.89. The summed E-state index contributed by atoms with van der Waals surface area (Å²) >= 11 is 0. The van der Waals surface area contributed by atoms with Crippen molar-refractivity contribution in [3.63, 3.8) is 0 Å². The fraction of sp³-hybridized carbons (Fsp3) is 0.200. The van der Waals surface area contributed by atoms with Gasteiger partial charge in [0, 0.05) is 6.42 Å². The second kappa shape index (κ2) is 5.62. The first-order valence-electron chi connectivity index (χ1n) is 5.72. The molecule has 1 unspecified atom stereocenters. The Morgan fingerprint density at radius 1 is 0.824 bits per heavy atom. The minimum absolute atomic E-state index is 0.0116. The fourth-order valence-electron chi connectivity index (χ4n) is 1.91. The molecule has 0 fully saturated rings. The monoisotopic (exact) mass is 228 g/mol. The average molecular weight is 228 g/mol. The summed E-state index contributed by atoms with van der Waals surface area (Å²) in [6.45, 7) is 0.0116. The maximum atomic E-state index is 10.1. The van der Waals surface area contributed by atoms with E-state index in [1.165, 1.54) is 0 Å². The van der Waals surface area contributed by atoms with Gasteiger partial charge in [0.05, 0.1) is 12.7 Å². The molecule has 0 bridgehead atoms. The van der Waals surface area contributed by atoms with Crippen molar-refractivity contribution in [1.82, 2.24) is 0 Å². The molecule has 0 saturated carbocycles. The second-order valence-electron chi connectivity index (χ2n) is 4.06. The van der Waals surface area contributed by atoms with Crippen molar-refractivity contribution in [2.24, 2.45) is 0 Å². The Morgan fingerprint density at radius 3 is 2.06 bits per heavy atom. The highest BCUT2D eigenvalue weighted by atomic mass is 16.3. The number of rotatable bonds is 4. The van der Waals surface area contributed by atoms with Crippen LogP contribution in [-0.2, 0) is 13.0 Å². The molecule has 0 aromatic heterocycles. The van der Waals surface area contributed by atoms with E-state index < -0.39 is 6.10 Å². The first-order valence-corrected chi connectivity index (χ1v) is 5.72. The molecule has 0 aliphatic rings. The van der Waals surface area contributed by atoms with E-state index in [1.54, 1.807) is 0 Å². The number of hydrogen-bond donors (Lipinski definition) is 2. The van der Waals surface area contributed by atoms with Gasteiger partial charge in [-0.25, -0.2) is 0 Å². The van der Waals surface area contributed by atoms with Crippen molar-refractivity contribution in [2.75, 3.05) is 0 Å². The molecular weight excluding hydrogens is 212 g/mol. The third-order valence-electron chi connectivity index (χ3n) is 2.89. The summed E-state index contributed by atoms with van der Waals surface area (Å²) in [5, 5.41) is 19.3. The summed E-state index contributed by atoms with van der Waals surface area (Å²) in [6.07, 6.45) is 0.00435. The summed E-state index contributed by atoms with van der Waals surface area (Å²) in [4.78, 5) is 0. The van der Waals surface area contributed by atoms with Crippen molar-refractivity contribution >= 4 is 0 Å². The second-order valence-corrected chi connectivity index (χ2v) is 4.06. The highest BCUT2D eigenvalue weighted by Gasteiger charge is 2.10. The van der Waals surface area contributed by atoms with Crippen LogP contribution in [0.1, 0.15) is 22.8 Å². The SMILES string of the molecule is OCc1ccccc1CC(O)c1ccccc1. The zero-order chi connectivity index (χ0) is 12.1. The minimum Gasteiger partial charge on any atom is -0.392 e. The molecular formula is C15H16O2. The zero-order valence-corrected chi connectivity index (χ0v) is 9.58. The van der Waals surface area contributed by atoms with Crippen LogP contribution in [0.3, 0.4) is 0 Å². The van der Waals surface area contributed by atoms with E-state index in [4.69, 9.17) is 0 Å². The van der Waals surface area contributed by atoms with Crippen molar-refractivity contribution in [1.29, 1.82) is 0 Å². The molecule has 1 atom stereocenters. The van der Waals surface area contributed by atoms with Crippen LogP contribution in [0.4, 0.5) is 0 Å². The van der Waals surface area contributed by atoms with Gasteiger partial charge in [-0.15, -0.1) is 0 Å². The summed E-state index contributed by atoms with van der Waals surface area (Å²) in [5.41, 5.74) is 2.77. The van der Waals surface area contributed by atoms with E-state index in [0.29, 0.717) is 6.42 Å². The van der Waals surface area contributed by atoms with E-state index >= 15 is 0 Å². The Labute approximate surface area is 101 Å². The lowest BCUT2D eigenvalue weighted by Crippen LogP contribution is -2.04. The molecule has 88 valence electrons. The molecule has 0 amide bonds. The van der Waals surface area contributed by atoms with Gasteiger partial charge in [0.15, 0.2) is 0 Å². The summed E-state index contributed by atoms with van der Waals surface area (Å²) in [6, 6.07) is 17.2. The Kier molecular flexibility index (Phi) is 3.91. The summed E-state index contributed by atoms with van der Waals surface area (Å²) in [5.74, 6) is 0. The van der Waals surface area contributed by atoms with Gasteiger partial charge in [0.2, 0.25) is 0 Å². The van der Waals surface area contributed by atoms with Crippen LogP contribution < -0.4 is 0 Å². The highest BCUT2D eigenvalue weighted by Crippen LogP contribution is 2.20. The Bertz CT molecular complexity index is 465. The normalized spacial score (nSPS) is 12.4. The van der Waals surface area contributed by atoms with Crippen LogP contribution in [0.5, 0.6) is 0 Å². The first-order chi connectivity index (χ1) is 8.31. The molecule has 2 N–H and O–H groups in total. The molecule has 0 heterocycles. The Balaban J connectivity index is 2.16. The molecule has 2 aromatic carbocycles. The van der Waals surface area contributed by atoms with Crippen molar-refractivity contribution < 1.29 is 10.2 Å². The van der Waals surface area contributed by atoms with Gasteiger partial charge >= 0.3 is 0 Å². The van der Waals surface area contributed by atoms with E-state index in [-0.39, 0.29) is 6.61 Å². The average Bonchev–Trinajstić information content (AvgIpc) is 2.40. The number of hydrogen-bond acceptors (Lipinski definition) is 2. The smallest absolute Gasteiger partial charge is 0.0830 e. The molecule has 2 heteroatoms. The molecule has 0 radical (unpaired) electrons. The van der Waals surface area contributed by atoms with Gasteiger partial charge in [-0.3, -0.25) is 0 Å². The fourth-order valence-corrected chi connectivity index (χ4v) is 1.91. The number of aliphatic hydroxyl groups is 2. The van der Waals surface area contributed by atoms with Crippen molar-refractivity contribution in [3.05, 3.63) is 71.3 Å². The summed E-state index contributed by atoms with van der Waals surface area (Å²) < 4.78 is 0. The zero-order valence-electron chi connectivity index (χ0n) is 9.58. The van der Waals surface area contributed by atoms with E-state index in [9.17, 15) is 10.2 Å². The number of aliphatic hydroxyl groups excluding tert-OH is 2. The Hall–Kier alpha value is -1.64. The van der Waals surface area contributed by atoms with Crippen molar-refractivity contribution in [3.8, 4) is 0 Å². The van der Waals surface area contributed by atoms with Gasteiger partial charge in [-0.2, -0.15) is 0 Å². The van der Waals surface area contributed by atoms with Gasteiger partial charge in [-0.1, -0.05) is 54.6 Å². The molecule has 0 spiro atoms. The predicted octanol–water partition coefficient (Wildman–Crippen LogP) is 2.46. The lowest BCUT2D eigenvalue weighted by atomic mass is 9.98. The van der Waals surface area contributed by atoms with Gasteiger partial charge in [0.25, 0.3) is 0 Å². The van der Waals surface area contributed by atoms with Crippen LogP contribution in [0.25, 0.3) is 0 Å². The lowest BCUT2D eigenvalue weighted by Gasteiger charge is -2.13.